The Morgan fingerprint density at radius 3 is 2.67 bits per heavy atom. The Morgan fingerprint density at radius 2 is 2.11 bits per heavy atom. The Hall–Kier alpha value is -1.55. The molecule has 4 heteroatoms. The molecule has 0 aliphatic heterocycles. The Bertz CT molecular complexity index is 406. The molecule has 0 saturated carbocycles. The maximum Gasteiger partial charge on any atom is 0.323 e. The number of benzene rings is 1. The Labute approximate surface area is 108 Å². The van der Waals surface area contributed by atoms with E-state index in [0.29, 0.717) is 19.6 Å². The van der Waals surface area contributed by atoms with Crippen molar-refractivity contribution < 1.29 is 14.6 Å². The number of carboxylic acid groups (broad SMARTS) is 1. The summed E-state index contributed by atoms with van der Waals surface area (Å²) >= 11 is 0. The van der Waals surface area contributed by atoms with Crippen LogP contribution in [0.15, 0.2) is 24.3 Å². The zero-order chi connectivity index (χ0) is 13.6. The predicted octanol–water partition coefficient (Wildman–Crippen LogP) is 2.22. The van der Waals surface area contributed by atoms with E-state index in [1.165, 1.54) is 0 Å². The molecule has 4 nitrogen and oxygen atoms in total. The summed E-state index contributed by atoms with van der Waals surface area (Å²) in [5.41, 5.74) is 0.121. The van der Waals surface area contributed by atoms with Gasteiger partial charge < -0.3 is 15.2 Å². The van der Waals surface area contributed by atoms with E-state index in [-0.39, 0.29) is 0 Å². The monoisotopic (exact) mass is 251 g/mol. The Balaban J connectivity index is 2.54. The highest BCUT2D eigenvalue weighted by atomic mass is 16.5. The van der Waals surface area contributed by atoms with Crippen LogP contribution in [-0.2, 0) is 4.79 Å². The lowest BCUT2D eigenvalue weighted by molar-refractivity contribution is -0.144. The third-order valence-electron chi connectivity index (χ3n) is 2.99. The van der Waals surface area contributed by atoms with Crippen LogP contribution in [-0.4, -0.2) is 29.8 Å². The first-order chi connectivity index (χ1) is 8.49. The van der Waals surface area contributed by atoms with E-state index in [1.807, 2.05) is 38.1 Å². The van der Waals surface area contributed by atoms with Crippen LogP contribution in [0.25, 0.3) is 0 Å². The molecule has 1 unspecified atom stereocenters. The molecule has 0 spiro atoms. The van der Waals surface area contributed by atoms with Crippen molar-refractivity contribution in [1.82, 2.24) is 5.32 Å². The maximum atomic E-state index is 11.2. The summed E-state index contributed by atoms with van der Waals surface area (Å²) in [5.74, 6) is -0.0422. The smallest absolute Gasteiger partial charge is 0.323 e. The number of para-hydroxylation sites is 1. The number of ether oxygens (including phenoxy) is 1. The average Bonchev–Trinajstić information content (AvgIpc) is 2.32. The lowest BCUT2D eigenvalue weighted by Gasteiger charge is -2.25. The summed E-state index contributed by atoms with van der Waals surface area (Å²) in [7, 11) is 0. The lowest BCUT2D eigenvalue weighted by atomic mass is 9.98. The van der Waals surface area contributed by atoms with Crippen molar-refractivity contribution in [2.24, 2.45) is 0 Å². The van der Waals surface area contributed by atoms with Crippen molar-refractivity contribution in [1.29, 1.82) is 0 Å². The molecule has 100 valence electrons. The molecular weight excluding hydrogens is 230 g/mol. The molecule has 1 aromatic rings. The SMILES string of the molecule is CCNC(C)(CCOc1ccccc1C)C(=O)O. The van der Waals surface area contributed by atoms with Gasteiger partial charge in [-0.1, -0.05) is 25.1 Å². The van der Waals surface area contributed by atoms with Gasteiger partial charge in [-0.15, -0.1) is 0 Å². The van der Waals surface area contributed by atoms with Gasteiger partial charge in [0.2, 0.25) is 0 Å². The molecule has 0 bridgehead atoms. The number of nitrogens with one attached hydrogen (secondary N) is 1. The van der Waals surface area contributed by atoms with Gasteiger partial charge in [-0.05, 0) is 32.0 Å². The molecule has 1 rings (SSSR count). The second kappa shape index (κ2) is 6.40. The van der Waals surface area contributed by atoms with E-state index in [2.05, 4.69) is 5.32 Å². The van der Waals surface area contributed by atoms with Gasteiger partial charge in [0.1, 0.15) is 11.3 Å². The molecule has 0 heterocycles. The van der Waals surface area contributed by atoms with E-state index < -0.39 is 11.5 Å². The molecule has 1 aromatic carbocycles. The molecule has 0 aliphatic carbocycles. The summed E-state index contributed by atoms with van der Waals surface area (Å²) in [6, 6.07) is 7.71. The third kappa shape index (κ3) is 3.74. The van der Waals surface area contributed by atoms with Gasteiger partial charge in [0, 0.05) is 6.42 Å². The van der Waals surface area contributed by atoms with Crippen molar-refractivity contribution in [2.45, 2.75) is 32.7 Å². The van der Waals surface area contributed by atoms with Crippen LogP contribution in [0.2, 0.25) is 0 Å². The minimum atomic E-state index is -0.933. The van der Waals surface area contributed by atoms with Crippen LogP contribution < -0.4 is 10.1 Å². The summed E-state index contributed by atoms with van der Waals surface area (Å²) in [5, 5.41) is 12.2. The molecular formula is C14H21NO3. The number of hydrogen-bond acceptors (Lipinski definition) is 3. The van der Waals surface area contributed by atoms with Crippen LogP contribution in [0.5, 0.6) is 5.75 Å². The number of aryl methyl sites for hydroxylation is 1. The number of hydrogen-bond donors (Lipinski definition) is 2. The summed E-state index contributed by atoms with van der Waals surface area (Å²) in [6.45, 7) is 6.53. The van der Waals surface area contributed by atoms with Crippen molar-refractivity contribution in [2.75, 3.05) is 13.2 Å². The minimum Gasteiger partial charge on any atom is -0.493 e. The molecule has 0 fully saturated rings. The van der Waals surface area contributed by atoms with Crippen LogP contribution in [0.1, 0.15) is 25.8 Å². The molecule has 1 atom stereocenters. The largest absolute Gasteiger partial charge is 0.493 e. The average molecular weight is 251 g/mol. The van der Waals surface area contributed by atoms with Crippen molar-refractivity contribution in [3.8, 4) is 5.75 Å². The highest BCUT2D eigenvalue weighted by molar-refractivity contribution is 5.78. The first kappa shape index (κ1) is 14.5. The molecule has 0 aromatic heterocycles. The fourth-order valence-corrected chi connectivity index (χ4v) is 1.74. The van der Waals surface area contributed by atoms with Gasteiger partial charge in [-0.2, -0.15) is 0 Å². The summed E-state index contributed by atoms with van der Waals surface area (Å²) in [4.78, 5) is 11.2. The lowest BCUT2D eigenvalue weighted by Crippen LogP contribution is -2.50. The molecule has 0 amide bonds. The predicted molar refractivity (Wildman–Crippen MR) is 71.0 cm³/mol. The molecule has 0 radical (unpaired) electrons. The van der Waals surface area contributed by atoms with E-state index in [9.17, 15) is 9.90 Å². The second-order valence-electron chi connectivity index (χ2n) is 4.53. The standard InChI is InChI=1S/C14H21NO3/c1-4-15-14(3,13(16)17)9-10-18-12-8-6-5-7-11(12)2/h5-8,15H,4,9-10H2,1-3H3,(H,16,17). The maximum absolute atomic E-state index is 11.2. The normalized spacial score (nSPS) is 13.9. The van der Waals surface area contributed by atoms with Crippen molar-refractivity contribution in [3.05, 3.63) is 29.8 Å². The van der Waals surface area contributed by atoms with Gasteiger partial charge in [0.15, 0.2) is 0 Å². The number of carbonyl (C=O) groups is 1. The quantitative estimate of drug-likeness (QED) is 0.780. The van der Waals surface area contributed by atoms with E-state index in [4.69, 9.17) is 4.74 Å². The first-order valence-corrected chi connectivity index (χ1v) is 6.16. The Morgan fingerprint density at radius 1 is 1.44 bits per heavy atom. The van der Waals surface area contributed by atoms with Gasteiger partial charge >= 0.3 is 5.97 Å². The van der Waals surface area contributed by atoms with Crippen LogP contribution in [0, 0.1) is 6.92 Å². The van der Waals surface area contributed by atoms with Gasteiger partial charge in [-0.25, -0.2) is 0 Å². The molecule has 0 saturated heterocycles. The third-order valence-corrected chi connectivity index (χ3v) is 2.99. The first-order valence-electron chi connectivity index (χ1n) is 6.16. The number of likely N-dealkylation sites (N-methyl/N-ethyl adjacent to an activating group) is 1. The Kier molecular flexibility index (Phi) is 5.16. The van der Waals surface area contributed by atoms with Crippen LogP contribution in [0.3, 0.4) is 0 Å². The van der Waals surface area contributed by atoms with Gasteiger partial charge in [0.25, 0.3) is 0 Å². The number of carboxylic acids is 1. The second-order valence-corrected chi connectivity index (χ2v) is 4.53. The van der Waals surface area contributed by atoms with E-state index in [1.54, 1.807) is 6.92 Å². The van der Waals surface area contributed by atoms with Crippen molar-refractivity contribution in [3.63, 3.8) is 0 Å². The number of aliphatic carboxylic acids is 1. The molecule has 18 heavy (non-hydrogen) atoms. The molecule has 0 aliphatic rings. The molecule has 2 N–H and O–H groups in total. The topological polar surface area (TPSA) is 58.6 Å². The minimum absolute atomic E-state index is 0.376. The van der Waals surface area contributed by atoms with E-state index in [0.717, 1.165) is 11.3 Å². The van der Waals surface area contributed by atoms with Crippen LogP contribution >= 0.6 is 0 Å². The summed E-state index contributed by atoms with van der Waals surface area (Å²) < 4.78 is 5.63. The van der Waals surface area contributed by atoms with Gasteiger partial charge in [0.05, 0.1) is 6.61 Å². The highest BCUT2D eigenvalue weighted by Gasteiger charge is 2.31. The zero-order valence-corrected chi connectivity index (χ0v) is 11.2. The summed E-state index contributed by atoms with van der Waals surface area (Å²) in [6.07, 6.45) is 0.421. The van der Waals surface area contributed by atoms with E-state index >= 15 is 0 Å². The zero-order valence-electron chi connectivity index (χ0n) is 11.2. The number of rotatable bonds is 7. The van der Waals surface area contributed by atoms with Crippen molar-refractivity contribution >= 4 is 5.97 Å². The van der Waals surface area contributed by atoms with Gasteiger partial charge in [-0.3, -0.25) is 4.79 Å². The van der Waals surface area contributed by atoms with Crippen LogP contribution in [0.4, 0.5) is 0 Å². The fourth-order valence-electron chi connectivity index (χ4n) is 1.74. The highest BCUT2D eigenvalue weighted by Crippen LogP contribution is 2.18. The fraction of sp³-hybridized carbons (Fsp3) is 0.500.